The molecule has 3 heteroatoms. The maximum Gasteiger partial charge on any atom is 0.306 e. The van der Waals surface area contributed by atoms with E-state index in [0.29, 0.717) is 12.5 Å². The van der Waals surface area contributed by atoms with Crippen LogP contribution >= 0.6 is 0 Å². The highest BCUT2D eigenvalue weighted by Crippen LogP contribution is 2.36. The Hall–Kier alpha value is -1.51. The summed E-state index contributed by atoms with van der Waals surface area (Å²) < 4.78 is 5.50. The highest BCUT2D eigenvalue weighted by molar-refractivity contribution is 5.70. The monoisotopic (exact) mass is 248 g/mol. The van der Waals surface area contributed by atoms with Crippen molar-refractivity contribution in [2.75, 3.05) is 6.61 Å². The highest BCUT2D eigenvalue weighted by atomic mass is 16.5. The number of hydrogen-bond donors (Lipinski definition) is 1. The number of aliphatic carboxylic acids is 1. The number of carboxylic acid groups (broad SMARTS) is 1. The molecule has 1 aromatic carbocycles. The van der Waals surface area contributed by atoms with Crippen LogP contribution in [0.2, 0.25) is 0 Å². The molecule has 1 N–H and O–H groups in total. The lowest BCUT2D eigenvalue weighted by atomic mass is 9.79. The molecule has 1 aliphatic carbocycles. The van der Waals surface area contributed by atoms with E-state index in [4.69, 9.17) is 9.84 Å². The smallest absolute Gasteiger partial charge is 0.306 e. The summed E-state index contributed by atoms with van der Waals surface area (Å²) in [6, 6.07) is 8.20. The molecule has 0 amide bonds. The topological polar surface area (TPSA) is 46.5 Å². The van der Waals surface area contributed by atoms with Crippen molar-refractivity contribution in [3.8, 4) is 5.75 Å². The number of rotatable bonds is 4. The minimum absolute atomic E-state index is 0.142. The van der Waals surface area contributed by atoms with Crippen LogP contribution in [0.15, 0.2) is 24.3 Å². The molecule has 0 radical (unpaired) electrons. The normalized spacial score (nSPS) is 23.6. The van der Waals surface area contributed by atoms with E-state index in [1.54, 1.807) is 0 Å². The van der Waals surface area contributed by atoms with Gasteiger partial charge in [0.25, 0.3) is 0 Å². The first kappa shape index (κ1) is 12.9. The van der Waals surface area contributed by atoms with E-state index in [2.05, 4.69) is 12.1 Å². The molecule has 18 heavy (non-hydrogen) atoms. The first-order valence-electron chi connectivity index (χ1n) is 6.66. The summed E-state index contributed by atoms with van der Waals surface area (Å²) in [6.07, 6.45) is 3.51. The van der Waals surface area contributed by atoms with Crippen LogP contribution in [0.1, 0.15) is 44.1 Å². The number of carbonyl (C=O) groups is 1. The van der Waals surface area contributed by atoms with E-state index in [-0.39, 0.29) is 5.92 Å². The van der Waals surface area contributed by atoms with Gasteiger partial charge in [-0.2, -0.15) is 0 Å². The van der Waals surface area contributed by atoms with Gasteiger partial charge in [-0.05, 0) is 56.2 Å². The number of benzene rings is 1. The van der Waals surface area contributed by atoms with Crippen LogP contribution in [0.4, 0.5) is 0 Å². The van der Waals surface area contributed by atoms with E-state index in [1.807, 2.05) is 19.1 Å². The summed E-state index contributed by atoms with van der Waals surface area (Å²) in [4.78, 5) is 10.9. The molecule has 0 saturated heterocycles. The van der Waals surface area contributed by atoms with Crippen molar-refractivity contribution >= 4 is 5.97 Å². The predicted molar refractivity (Wildman–Crippen MR) is 69.9 cm³/mol. The number of carboxylic acids is 1. The minimum Gasteiger partial charge on any atom is -0.494 e. The van der Waals surface area contributed by atoms with Crippen molar-refractivity contribution in [3.63, 3.8) is 0 Å². The van der Waals surface area contributed by atoms with Crippen LogP contribution < -0.4 is 4.74 Å². The van der Waals surface area contributed by atoms with Crippen molar-refractivity contribution < 1.29 is 14.6 Å². The number of ether oxygens (including phenoxy) is 1. The van der Waals surface area contributed by atoms with Crippen LogP contribution in [-0.2, 0) is 4.79 Å². The first-order valence-corrected chi connectivity index (χ1v) is 6.66. The van der Waals surface area contributed by atoms with Gasteiger partial charge >= 0.3 is 5.97 Å². The highest BCUT2D eigenvalue weighted by Gasteiger charge is 2.26. The Morgan fingerprint density at radius 2 is 2.06 bits per heavy atom. The first-order chi connectivity index (χ1) is 8.70. The lowest BCUT2D eigenvalue weighted by molar-refractivity contribution is -0.142. The molecule has 0 unspecified atom stereocenters. The standard InChI is InChI=1S/C15H20O3/c1-2-18-14-5-3-4-13(10-14)11-6-8-12(9-7-11)15(16)17/h3-5,10-12H,2,6-9H2,1H3,(H,16,17). The zero-order valence-electron chi connectivity index (χ0n) is 10.8. The Morgan fingerprint density at radius 1 is 1.33 bits per heavy atom. The van der Waals surface area contributed by atoms with Gasteiger partial charge in [-0.25, -0.2) is 0 Å². The predicted octanol–water partition coefficient (Wildman–Crippen LogP) is 3.44. The average molecular weight is 248 g/mol. The van der Waals surface area contributed by atoms with Crippen molar-refractivity contribution in [1.82, 2.24) is 0 Å². The van der Waals surface area contributed by atoms with Crippen molar-refractivity contribution in [2.45, 2.75) is 38.5 Å². The Balaban J connectivity index is 2.00. The van der Waals surface area contributed by atoms with Crippen molar-refractivity contribution in [3.05, 3.63) is 29.8 Å². The second kappa shape index (κ2) is 5.89. The molecule has 0 spiro atoms. The lowest BCUT2D eigenvalue weighted by Gasteiger charge is -2.26. The molecule has 0 heterocycles. The molecule has 98 valence electrons. The van der Waals surface area contributed by atoms with Gasteiger partial charge in [0.1, 0.15) is 5.75 Å². The Morgan fingerprint density at radius 3 is 2.67 bits per heavy atom. The second-order valence-electron chi connectivity index (χ2n) is 4.89. The molecular formula is C15H20O3. The third kappa shape index (κ3) is 3.03. The van der Waals surface area contributed by atoms with Gasteiger partial charge in [-0.15, -0.1) is 0 Å². The van der Waals surface area contributed by atoms with E-state index in [9.17, 15) is 4.79 Å². The SMILES string of the molecule is CCOc1cccc(C2CCC(C(=O)O)CC2)c1. The molecule has 1 saturated carbocycles. The second-order valence-corrected chi connectivity index (χ2v) is 4.89. The van der Waals surface area contributed by atoms with Gasteiger partial charge in [0, 0.05) is 0 Å². The fourth-order valence-corrected chi connectivity index (χ4v) is 2.70. The molecule has 0 aliphatic heterocycles. The lowest BCUT2D eigenvalue weighted by Crippen LogP contribution is -2.20. The maximum atomic E-state index is 10.9. The summed E-state index contributed by atoms with van der Waals surface area (Å²) in [5, 5.41) is 8.99. The molecule has 2 rings (SSSR count). The fraction of sp³-hybridized carbons (Fsp3) is 0.533. The van der Waals surface area contributed by atoms with Gasteiger partial charge < -0.3 is 9.84 Å². The van der Waals surface area contributed by atoms with Crippen LogP contribution in [0.5, 0.6) is 5.75 Å². The van der Waals surface area contributed by atoms with Crippen LogP contribution in [0.3, 0.4) is 0 Å². The molecule has 0 atom stereocenters. The molecule has 1 aromatic rings. The summed E-state index contributed by atoms with van der Waals surface area (Å²) in [5.41, 5.74) is 1.28. The molecule has 1 fully saturated rings. The maximum absolute atomic E-state index is 10.9. The van der Waals surface area contributed by atoms with Gasteiger partial charge in [-0.1, -0.05) is 12.1 Å². The summed E-state index contributed by atoms with van der Waals surface area (Å²) in [6.45, 7) is 2.65. The van der Waals surface area contributed by atoms with Crippen molar-refractivity contribution in [1.29, 1.82) is 0 Å². The van der Waals surface area contributed by atoms with E-state index < -0.39 is 5.97 Å². The van der Waals surface area contributed by atoms with E-state index in [0.717, 1.165) is 31.4 Å². The van der Waals surface area contributed by atoms with Crippen LogP contribution in [0, 0.1) is 5.92 Å². The average Bonchev–Trinajstić information content (AvgIpc) is 2.39. The molecule has 3 nitrogen and oxygen atoms in total. The Labute approximate surface area is 108 Å². The molecule has 0 bridgehead atoms. The zero-order chi connectivity index (χ0) is 13.0. The zero-order valence-corrected chi connectivity index (χ0v) is 10.8. The third-order valence-electron chi connectivity index (χ3n) is 3.72. The van der Waals surface area contributed by atoms with Crippen molar-refractivity contribution in [2.24, 2.45) is 5.92 Å². The minimum atomic E-state index is -0.642. The van der Waals surface area contributed by atoms with Gasteiger partial charge in [0.05, 0.1) is 12.5 Å². The van der Waals surface area contributed by atoms with E-state index >= 15 is 0 Å². The number of hydrogen-bond acceptors (Lipinski definition) is 2. The van der Waals surface area contributed by atoms with Gasteiger partial charge in [-0.3, -0.25) is 4.79 Å². The fourth-order valence-electron chi connectivity index (χ4n) is 2.70. The largest absolute Gasteiger partial charge is 0.494 e. The summed E-state index contributed by atoms with van der Waals surface area (Å²) >= 11 is 0. The van der Waals surface area contributed by atoms with E-state index in [1.165, 1.54) is 5.56 Å². The van der Waals surface area contributed by atoms with Gasteiger partial charge in [0.2, 0.25) is 0 Å². The molecular weight excluding hydrogens is 228 g/mol. The van der Waals surface area contributed by atoms with Gasteiger partial charge in [0.15, 0.2) is 0 Å². The van der Waals surface area contributed by atoms with Crippen LogP contribution in [0.25, 0.3) is 0 Å². The molecule has 0 aromatic heterocycles. The summed E-state index contributed by atoms with van der Waals surface area (Å²) in [5.74, 6) is 0.615. The molecule has 1 aliphatic rings. The quantitative estimate of drug-likeness (QED) is 0.887. The summed E-state index contributed by atoms with van der Waals surface area (Å²) in [7, 11) is 0. The van der Waals surface area contributed by atoms with Crippen LogP contribution in [-0.4, -0.2) is 17.7 Å². The Bertz CT molecular complexity index is 406. The Kier molecular flexibility index (Phi) is 4.24. The third-order valence-corrected chi connectivity index (χ3v) is 3.72.